The summed E-state index contributed by atoms with van der Waals surface area (Å²) in [6.07, 6.45) is 0. The predicted octanol–water partition coefficient (Wildman–Crippen LogP) is 4.11. The smallest absolute Gasteiger partial charge is 0.264 e. The maximum atomic E-state index is 14.7. The fraction of sp³-hybridized carbons (Fsp3) is 0.167. The van der Waals surface area contributed by atoms with Crippen molar-refractivity contribution >= 4 is 39.7 Å². The molecule has 4 heterocycles. The molecule has 2 aromatic carbocycles. The van der Waals surface area contributed by atoms with E-state index < -0.39 is 0 Å². The van der Waals surface area contributed by atoms with Crippen LogP contribution in [0.25, 0.3) is 27.9 Å². The number of carbonyl (C=O) groups is 1. The van der Waals surface area contributed by atoms with Gasteiger partial charge in [0.05, 0.1) is 16.0 Å². The highest BCUT2D eigenvalue weighted by molar-refractivity contribution is 7.12. The molecule has 0 bridgehead atoms. The predicted molar refractivity (Wildman–Crippen MR) is 126 cm³/mol. The third-order valence-electron chi connectivity index (χ3n) is 5.92. The number of benzene rings is 2. The number of hydrogen-bond donors (Lipinski definition) is 0. The van der Waals surface area contributed by atoms with Gasteiger partial charge in [-0.25, -0.2) is 13.8 Å². The second-order valence-corrected chi connectivity index (χ2v) is 8.80. The van der Waals surface area contributed by atoms with Gasteiger partial charge >= 0.3 is 0 Å². The molecule has 7 nitrogen and oxygen atoms in total. The molecule has 33 heavy (non-hydrogen) atoms. The molecule has 5 aromatic rings. The van der Waals surface area contributed by atoms with Crippen LogP contribution in [0, 0.1) is 5.82 Å². The number of nitrogens with zero attached hydrogens (tertiary/aromatic N) is 6. The third-order valence-corrected chi connectivity index (χ3v) is 6.78. The number of aromatic nitrogens is 4. The highest BCUT2D eigenvalue weighted by Gasteiger charge is 2.27. The van der Waals surface area contributed by atoms with Crippen LogP contribution in [0.5, 0.6) is 0 Å². The van der Waals surface area contributed by atoms with Gasteiger partial charge in [0.25, 0.3) is 5.91 Å². The Morgan fingerprint density at radius 3 is 2.48 bits per heavy atom. The minimum atomic E-state index is -0.364. The zero-order chi connectivity index (χ0) is 22.4. The highest BCUT2D eigenvalue weighted by Crippen LogP contribution is 2.30. The molecule has 1 amide bonds. The van der Waals surface area contributed by atoms with Crippen LogP contribution in [0.15, 0.2) is 66.0 Å². The number of piperazine rings is 1. The van der Waals surface area contributed by atoms with Crippen LogP contribution in [0.1, 0.15) is 9.67 Å². The molecular weight excluding hydrogens is 439 g/mol. The second kappa shape index (κ2) is 7.93. The summed E-state index contributed by atoms with van der Waals surface area (Å²) in [5.74, 6) is 0.749. The zero-order valence-corrected chi connectivity index (χ0v) is 18.4. The summed E-state index contributed by atoms with van der Waals surface area (Å²) in [6, 6.07) is 18.0. The zero-order valence-electron chi connectivity index (χ0n) is 17.6. The van der Waals surface area contributed by atoms with Crippen molar-refractivity contribution in [2.75, 3.05) is 31.1 Å². The van der Waals surface area contributed by atoms with Crippen LogP contribution in [0.2, 0.25) is 0 Å². The molecule has 0 saturated carbocycles. The molecule has 1 fully saturated rings. The van der Waals surface area contributed by atoms with Gasteiger partial charge in [0.2, 0.25) is 5.95 Å². The maximum absolute atomic E-state index is 14.7. The largest absolute Gasteiger partial charge is 0.338 e. The van der Waals surface area contributed by atoms with Gasteiger partial charge in [-0.2, -0.15) is 0 Å². The monoisotopic (exact) mass is 458 g/mol. The Kier molecular flexibility index (Phi) is 4.76. The number of carbonyl (C=O) groups excluding carboxylic acids is 1. The molecule has 0 N–H and O–H groups in total. The van der Waals surface area contributed by atoms with Crippen LogP contribution in [-0.4, -0.2) is 56.6 Å². The van der Waals surface area contributed by atoms with Crippen LogP contribution < -0.4 is 4.90 Å². The van der Waals surface area contributed by atoms with Gasteiger partial charge in [-0.05, 0) is 35.7 Å². The quantitative estimate of drug-likeness (QED) is 0.407. The summed E-state index contributed by atoms with van der Waals surface area (Å²) in [5.41, 5.74) is 1.80. The van der Waals surface area contributed by atoms with E-state index in [0.29, 0.717) is 49.2 Å². The summed E-state index contributed by atoms with van der Waals surface area (Å²) in [6.45, 7) is 2.35. The van der Waals surface area contributed by atoms with Gasteiger partial charge in [-0.1, -0.05) is 30.3 Å². The van der Waals surface area contributed by atoms with E-state index in [1.807, 2.05) is 51.1 Å². The van der Waals surface area contributed by atoms with Crippen LogP contribution in [-0.2, 0) is 0 Å². The summed E-state index contributed by atoms with van der Waals surface area (Å²) in [4.78, 5) is 22.4. The molecule has 0 radical (unpaired) electrons. The fourth-order valence-electron chi connectivity index (χ4n) is 4.26. The van der Waals surface area contributed by atoms with Crippen LogP contribution in [0.4, 0.5) is 10.3 Å². The minimum Gasteiger partial charge on any atom is -0.338 e. The molecule has 0 aliphatic carbocycles. The van der Waals surface area contributed by atoms with Crippen molar-refractivity contribution in [1.29, 1.82) is 0 Å². The number of rotatable bonds is 3. The average Bonchev–Trinajstić information content (AvgIpc) is 3.55. The first-order chi connectivity index (χ1) is 16.2. The van der Waals surface area contributed by atoms with Crippen molar-refractivity contribution in [3.8, 4) is 11.4 Å². The molecule has 1 saturated heterocycles. The van der Waals surface area contributed by atoms with Crippen molar-refractivity contribution in [2.24, 2.45) is 0 Å². The Labute approximate surface area is 192 Å². The Bertz CT molecular complexity index is 1470. The van der Waals surface area contributed by atoms with E-state index in [-0.39, 0.29) is 11.7 Å². The Morgan fingerprint density at radius 2 is 1.70 bits per heavy atom. The van der Waals surface area contributed by atoms with Crippen LogP contribution in [0.3, 0.4) is 0 Å². The highest BCUT2D eigenvalue weighted by atomic mass is 32.1. The third kappa shape index (κ3) is 3.32. The van der Waals surface area contributed by atoms with Crippen molar-refractivity contribution in [1.82, 2.24) is 24.5 Å². The van der Waals surface area contributed by atoms with E-state index >= 15 is 0 Å². The standard InChI is InChI=1S/C24H19FN6OS/c25-18-8-3-1-6-16(18)21-27-28-22-17-7-2-4-9-19(17)26-24(31(21)22)30-13-11-29(12-14-30)23(32)20-10-5-15-33-20/h1-10,15H,11-14H2. The van der Waals surface area contributed by atoms with Gasteiger partial charge in [0.15, 0.2) is 11.5 Å². The van der Waals surface area contributed by atoms with Crippen molar-refractivity contribution in [3.63, 3.8) is 0 Å². The molecule has 6 rings (SSSR count). The first-order valence-corrected chi connectivity index (χ1v) is 11.6. The molecule has 0 atom stereocenters. The Morgan fingerprint density at radius 1 is 0.909 bits per heavy atom. The number of anilines is 1. The number of halogens is 1. The maximum Gasteiger partial charge on any atom is 0.264 e. The Hall–Kier alpha value is -3.85. The second-order valence-electron chi connectivity index (χ2n) is 7.85. The lowest BCUT2D eigenvalue weighted by atomic mass is 10.2. The molecular formula is C24H19FN6OS. The van der Waals surface area contributed by atoms with E-state index in [0.717, 1.165) is 15.8 Å². The van der Waals surface area contributed by atoms with Gasteiger partial charge in [0, 0.05) is 31.6 Å². The summed E-state index contributed by atoms with van der Waals surface area (Å²) < 4.78 is 16.5. The van der Waals surface area contributed by atoms with Crippen molar-refractivity contribution in [3.05, 3.63) is 76.7 Å². The SMILES string of the molecule is O=C(c1cccs1)N1CCN(c2nc3ccccc3c3nnc(-c4ccccc4F)n23)CC1. The summed E-state index contributed by atoms with van der Waals surface area (Å²) in [5, 5.41) is 11.5. The lowest BCUT2D eigenvalue weighted by Gasteiger charge is -2.35. The molecule has 0 spiro atoms. The first kappa shape index (κ1) is 19.8. The van der Waals surface area contributed by atoms with Crippen LogP contribution >= 0.6 is 11.3 Å². The molecule has 164 valence electrons. The number of hydrogen-bond acceptors (Lipinski definition) is 6. The Balaban J connectivity index is 1.43. The number of fused-ring (bicyclic) bond motifs is 3. The first-order valence-electron chi connectivity index (χ1n) is 10.7. The van der Waals surface area contributed by atoms with Gasteiger partial charge < -0.3 is 9.80 Å². The van der Waals surface area contributed by atoms with E-state index in [4.69, 9.17) is 4.98 Å². The summed E-state index contributed by atoms with van der Waals surface area (Å²) >= 11 is 1.45. The van der Waals surface area contributed by atoms with Gasteiger partial charge in [0.1, 0.15) is 5.82 Å². The fourth-order valence-corrected chi connectivity index (χ4v) is 4.95. The molecule has 1 aliphatic rings. The normalized spacial score (nSPS) is 14.3. The molecule has 9 heteroatoms. The lowest BCUT2D eigenvalue weighted by molar-refractivity contribution is 0.0751. The number of para-hydroxylation sites is 1. The lowest BCUT2D eigenvalue weighted by Crippen LogP contribution is -2.49. The van der Waals surface area contributed by atoms with E-state index in [9.17, 15) is 9.18 Å². The van der Waals surface area contributed by atoms with E-state index in [1.165, 1.54) is 17.4 Å². The van der Waals surface area contributed by atoms with Gasteiger partial charge in [-0.15, -0.1) is 21.5 Å². The topological polar surface area (TPSA) is 66.6 Å². The van der Waals surface area contributed by atoms with Gasteiger partial charge in [-0.3, -0.25) is 4.79 Å². The molecule has 3 aromatic heterocycles. The minimum absolute atomic E-state index is 0.0533. The van der Waals surface area contributed by atoms with E-state index in [2.05, 4.69) is 15.1 Å². The summed E-state index contributed by atoms with van der Waals surface area (Å²) in [7, 11) is 0. The van der Waals surface area contributed by atoms with Crippen molar-refractivity contribution in [2.45, 2.75) is 0 Å². The molecule has 1 aliphatic heterocycles. The number of thiophene rings is 1. The van der Waals surface area contributed by atoms with E-state index in [1.54, 1.807) is 18.2 Å². The molecule has 0 unspecified atom stereocenters. The van der Waals surface area contributed by atoms with Crippen molar-refractivity contribution < 1.29 is 9.18 Å². The average molecular weight is 459 g/mol. The number of amides is 1.